The van der Waals surface area contributed by atoms with Gasteiger partial charge in [0.1, 0.15) is 0 Å². The number of nitrogens with one attached hydrogen (secondary N) is 1. The zero-order valence-electron chi connectivity index (χ0n) is 9.75. The molecule has 0 saturated carbocycles. The summed E-state index contributed by atoms with van der Waals surface area (Å²) in [5, 5.41) is 4.84. The van der Waals surface area contributed by atoms with Crippen molar-refractivity contribution in [2.75, 3.05) is 19.6 Å². The summed E-state index contributed by atoms with van der Waals surface area (Å²) in [6.07, 6.45) is 0. The van der Waals surface area contributed by atoms with Gasteiger partial charge in [0.2, 0.25) is 0 Å². The fourth-order valence-corrected chi connectivity index (χ4v) is 2.45. The molecule has 1 unspecified atom stereocenters. The van der Waals surface area contributed by atoms with Crippen LogP contribution in [0.25, 0.3) is 0 Å². The zero-order chi connectivity index (χ0) is 11.5. The van der Waals surface area contributed by atoms with Crippen LogP contribution in [0.3, 0.4) is 0 Å². The number of nitrogens with zero attached hydrogens (tertiary/aromatic N) is 1. The molecule has 0 amide bonds. The maximum Gasteiger partial charge on any atom is 0.0465 e. The van der Waals surface area contributed by atoms with E-state index in [9.17, 15) is 0 Å². The van der Waals surface area contributed by atoms with Crippen molar-refractivity contribution in [3.8, 4) is 0 Å². The van der Waals surface area contributed by atoms with Crippen molar-refractivity contribution in [1.82, 2.24) is 10.2 Å². The van der Waals surface area contributed by atoms with Gasteiger partial charge in [0.05, 0.1) is 0 Å². The number of hydrogen-bond acceptors (Lipinski definition) is 2. The molecule has 1 heterocycles. The minimum Gasteiger partial charge on any atom is -0.314 e. The smallest absolute Gasteiger partial charge is 0.0465 e. The highest BCUT2D eigenvalue weighted by Crippen LogP contribution is 2.23. The average Bonchev–Trinajstić information content (AvgIpc) is 2.25. The van der Waals surface area contributed by atoms with Gasteiger partial charge in [-0.3, -0.25) is 4.90 Å². The Bertz CT molecular complexity index is 371. The Hall–Kier alpha value is 0.01000. The number of rotatable bonds is 2. The van der Waals surface area contributed by atoms with Gasteiger partial charge in [-0.2, -0.15) is 0 Å². The van der Waals surface area contributed by atoms with Gasteiger partial charge in [-0.25, -0.2) is 0 Å². The third-order valence-corrected chi connectivity index (χ3v) is 3.61. The fourth-order valence-electron chi connectivity index (χ4n) is 1.99. The van der Waals surface area contributed by atoms with Crippen molar-refractivity contribution >= 4 is 35.6 Å². The van der Waals surface area contributed by atoms with Gasteiger partial charge in [0.25, 0.3) is 0 Å². The summed E-state index contributed by atoms with van der Waals surface area (Å²) < 4.78 is 0. The first-order valence-corrected chi connectivity index (χ1v) is 6.31. The van der Waals surface area contributed by atoms with Crippen molar-refractivity contribution in [1.29, 1.82) is 0 Å². The van der Waals surface area contributed by atoms with E-state index in [1.165, 1.54) is 0 Å². The molecule has 1 saturated heterocycles. The molecule has 5 heteroatoms. The Balaban J connectivity index is 0.00000144. The number of benzene rings is 1. The molecule has 1 aromatic rings. The largest absolute Gasteiger partial charge is 0.314 e. The standard InChI is InChI=1S/C12H16Cl2N2.ClH/c1-9-7-15-4-5-16(9)8-10-2-3-11(13)6-12(10)14;/h2-3,6,9,15H,4-5,7-8H2,1H3;1H. The van der Waals surface area contributed by atoms with Crippen molar-refractivity contribution in [2.24, 2.45) is 0 Å². The van der Waals surface area contributed by atoms with Crippen LogP contribution in [0.15, 0.2) is 18.2 Å². The van der Waals surface area contributed by atoms with Crippen molar-refractivity contribution in [3.63, 3.8) is 0 Å². The first-order chi connectivity index (χ1) is 7.66. The van der Waals surface area contributed by atoms with Crippen LogP contribution in [0.1, 0.15) is 12.5 Å². The highest BCUT2D eigenvalue weighted by molar-refractivity contribution is 6.35. The molecule has 1 aromatic carbocycles. The van der Waals surface area contributed by atoms with E-state index in [0.29, 0.717) is 11.1 Å². The third-order valence-electron chi connectivity index (χ3n) is 3.03. The SMILES string of the molecule is CC1CNCCN1Cc1ccc(Cl)cc1Cl.Cl. The third kappa shape index (κ3) is 4.01. The van der Waals surface area contributed by atoms with E-state index in [-0.39, 0.29) is 12.4 Å². The Labute approximate surface area is 119 Å². The molecule has 1 N–H and O–H groups in total. The second-order valence-electron chi connectivity index (χ2n) is 4.26. The molecule has 17 heavy (non-hydrogen) atoms. The maximum atomic E-state index is 6.17. The Morgan fingerprint density at radius 2 is 2.18 bits per heavy atom. The van der Waals surface area contributed by atoms with E-state index in [1.54, 1.807) is 0 Å². The van der Waals surface area contributed by atoms with E-state index < -0.39 is 0 Å². The highest BCUT2D eigenvalue weighted by Gasteiger charge is 2.18. The predicted molar refractivity (Wildman–Crippen MR) is 76.5 cm³/mol. The number of hydrogen-bond donors (Lipinski definition) is 1. The first kappa shape index (κ1) is 15.1. The zero-order valence-corrected chi connectivity index (χ0v) is 12.1. The lowest BCUT2D eigenvalue weighted by Crippen LogP contribution is -2.49. The van der Waals surface area contributed by atoms with Crippen LogP contribution in [-0.4, -0.2) is 30.6 Å². The summed E-state index contributed by atoms with van der Waals surface area (Å²) in [4.78, 5) is 2.44. The number of halogens is 3. The van der Waals surface area contributed by atoms with Crippen LogP contribution in [0.4, 0.5) is 0 Å². The molecule has 2 rings (SSSR count). The lowest BCUT2D eigenvalue weighted by atomic mass is 10.1. The van der Waals surface area contributed by atoms with Crippen LogP contribution in [0.5, 0.6) is 0 Å². The van der Waals surface area contributed by atoms with Gasteiger partial charge in [0.15, 0.2) is 0 Å². The van der Waals surface area contributed by atoms with Crippen LogP contribution in [-0.2, 0) is 6.54 Å². The fraction of sp³-hybridized carbons (Fsp3) is 0.500. The Morgan fingerprint density at radius 3 is 2.82 bits per heavy atom. The Kier molecular flexibility index (Phi) is 6.04. The quantitative estimate of drug-likeness (QED) is 0.901. The lowest BCUT2D eigenvalue weighted by molar-refractivity contribution is 0.165. The minimum atomic E-state index is 0. The first-order valence-electron chi connectivity index (χ1n) is 5.55. The summed E-state index contributed by atoms with van der Waals surface area (Å²) in [5.41, 5.74) is 1.15. The second kappa shape index (κ2) is 6.81. The molecule has 0 radical (unpaired) electrons. The molecule has 1 atom stereocenters. The van der Waals surface area contributed by atoms with Gasteiger partial charge in [-0.05, 0) is 24.6 Å². The molecule has 0 aromatic heterocycles. The van der Waals surface area contributed by atoms with Gasteiger partial charge < -0.3 is 5.32 Å². The molecule has 0 spiro atoms. The van der Waals surface area contributed by atoms with Crippen molar-refractivity contribution in [2.45, 2.75) is 19.5 Å². The average molecular weight is 296 g/mol. The summed E-state index contributed by atoms with van der Waals surface area (Å²) in [5.74, 6) is 0. The topological polar surface area (TPSA) is 15.3 Å². The molecule has 1 aliphatic heterocycles. The molecule has 1 fully saturated rings. The van der Waals surface area contributed by atoms with E-state index in [0.717, 1.165) is 36.8 Å². The van der Waals surface area contributed by atoms with Crippen LogP contribution in [0.2, 0.25) is 10.0 Å². The van der Waals surface area contributed by atoms with Crippen LogP contribution < -0.4 is 5.32 Å². The summed E-state index contributed by atoms with van der Waals surface area (Å²) in [7, 11) is 0. The normalized spacial score (nSPS) is 21.0. The Morgan fingerprint density at radius 1 is 1.41 bits per heavy atom. The highest BCUT2D eigenvalue weighted by atomic mass is 35.5. The molecule has 0 bridgehead atoms. The van der Waals surface area contributed by atoms with Crippen LogP contribution in [0, 0.1) is 0 Å². The molecule has 2 nitrogen and oxygen atoms in total. The molecule has 0 aliphatic carbocycles. The van der Waals surface area contributed by atoms with Crippen molar-refractivity contribution < 1.29 is 0 Å². The van der Waals surface area contributed by atoms with E-state index >= 15 is 0 Å². The van der Waals surface area contributed by atoms with Crippen LogP contribution >= 0.6 is 35.6 Å². The minimum absolute atomic E-state index is 0. The number of piperazine rings is 1. The lowest BCUT2D eigenvalue weighted by Gasteiger charge is -2.34. The summed E-state index contributed by atoms with van der Waals surface area (Å²) >= 11 is 12.1. The van der Waals surface area contributed by atoms with E-state index in [1.807, 2.05) is 18.2 Å². The second-order valence-corrected chi connectivity index (χ2v) is 5.10. The maximum absolute atomic E-state index is 6.17. The van der Waals surface area contributed by atoms with Gasteiger partial charge in [0, 0.05) is 42.3 Å². The molecular formula is C12H17Cl3N2. The summed E-state index contributed by atoms with van der Waals surface area (Å²) in [6.45, 7) is 6.30. The molecular weight excluding hydrogens is 279 g/mol. The van der Waals surface area contributed by atoms with E-state index in [2.05, 4.69) is 17.1 Å². The summed E-state index contributed by atoms with van der Waals surface area (Å²) in [6, 6.07) is 6.28. The van der Waals surface area contributed by atoms with Crippen molar-refractivity contribution in [3.05, 3.63) is 33.8 Å². The predicted octanol–water partition coefficient (Wildman–Crippen LogP) is 3.21. The van der Waals surface area contributed by atoms with Gasteiger partial charge in [-0.15, -0.1) is 12.4 Å². The molecule has 96 valence electrons. The monoisotopic (exact) mass is 294 g/mol. The van der Waals surface area contributed by atoms with Gasteiger partial charge in [-0.1, -0.05) is 29.3 Å². The molecule has 1 aliphatic rings. The van der Waals surface area contributed by atoms with Gasteiger partial charge >= 0.3 is 0 Å². The van der Waals surface area contributed by atoms with E-state index in [4.69, 9.17) is 23.2 Å².